The van der Waals surface area contributed by atoms with E-state index in [1.165, 1.54) is 5.56 Å². The Hall–Kier alpha value is -2.28. The summed E-state index contributed by atoms with van der Waals surface area (Å²) in [6.07, 6.45) is 2.10. The van der Waals surface area contributed by atoms with E-state index in [2.05, 4.69) is 37.8 Å². The number of fused-ring (bicyclic) bond motifs is 1. The second-order valence-corrected chi connectivity index (χ2v) is 9.38. The minimum atomic E-state index is -0.0164. The lowest BCUT2D eigenvalue weighted by atomic mass is 10.1. The van der Waals surface area contributed by atoms with Gasteiger partial charge in [0.05, 0.1) is 22.9 Å². The minimum absolute atomic E-state index is 0.0164. The number of rotatable bonds is 8. The van der Waals surface area contributed by atoms with Crippen LogP contribution in [0.3, 0.4) is 0 Å². The first-order chi connectivity index (χ1) is 15.0. The zero-order valence-electron chi connectivity index (χ0n) is 18.6. The second-order valence-electron chi connectivity index (χ2n) is 8.37. The van der Waals surface area contributed by atoms with Crippen molar-refractivity contribution in [2.75, 3.05) is 24.6 Å². The van der Waals surface area contributed by atoms with Crippen LogP contribution in [0.15, 0.2) is 48.5 Å². The van der Waals surface area contributed by atoms with Gasteiger partial charge in [0.2, 0.25) is 0 Å². The van der Waals surface area contributed by atoms with E-state index in [1.807, 2.05) is 41.3 Å². The van der Waals surface area contributed by atoms with Crippen molar-refractivity contribution in [3.8, 4) is 0 Å². The lowest BCUT2D eigenvalue weighted by Gasteiger charge is -2.25. The van der Waals surface area contributed by atoms with Gasteiger partial charge >= 0.3 is 0 Å². The molecule has 1 aliphatic rings. The molecule has 2 aromatic carbocycles. The van der Waals surface area contributed by atoms with Crippen molar-refractivity contribution >= 4 is 32.6 Å². The number of hydrogen-bond donors (Lipinski definition) is 0. The highest BCUT2D eigenvalue weighted by molar-refractivity contribution is 7.22. The van der Waals surface area contributed by atoms with E-state index in [0.717, 1.165) is 47.9 Å². The quantitative estimate of drug-likeness (QED) is 0.476. The van der Waals surface area contributed by atoms with E-state index in [-0.39, 0.29) is 12.0 Å². The van der Waals surface area contributed by atoms with E-state index in [9.17, 15) is 4.79 Å². The average molecular weight is 438 g/mol. The van der Waals surface area contributed by atoms with Crippen molar-refractivity contribution in [1.29, 1.82) is 0 Å². The van der Waals surface area contributed by atoms with Crippen molar-refractivity contribution in [1.82, 2.24) is 9.88 Å². The summed E-state index contributed by atoms with van der Waals surface area (Å²) < 4.78 is 6.93. The molecule has 3 aromatic rings. The van der Waals surface area contributed by atoms with Crippen LogP contribution in [0.4, 0.5) is 5.13 Å². The van der Waals surface area contributed by atoms with Crippen LogP contribution < -0.4 is 4.90 Å². The van der Waals surface area contributed by atoms with Crippen molar-refractivity contribution in [2.24, 2.45) is 0 Å². The van der Waals surface area contributed by atoms with E-state index in [1.54, 1.807) is 11.3 Å². The normalized spacial score (nSPS) is 16.5. The molecule has 0 aliphatic carbocycles. The van der Waals surface area contributed by atoms with Gasteiger partial charge in [-0.1, -0.05) is 42.5 Å². The first-order valence-electron chi connectivity index (χ1n) is 11.2. The zero-order valence-corrected chi connectivity index (χ0v) is 19.4. The first kappa shape index (κ1) is 21.9. The molecule has 31 heavy (non-hydrogen) atoms. The number of hydrogen-bond acceptors (Lipinski definition) is 5. The molecule has 1 atom stereocenters. The highest BCUT2D eigenvalue weighted by atomic mass is 32.1. The molecule has 1 aliphatic heterocycles. The highest BCUT2D eigenvalue weighted by Crippen LogP contribution is 2.30. The van der Waals surface area contributed by atoms with Crippen molar-refractivity contribution in [3.05, 3.63) is 59.7 Å². The molecular formula is C25H31N3O2S. The maximum Gasteiger partial charge on any atom is 0.260 e. The predicted octanol–water partition coefficient (Wildman–Crippen LogP) is 5.35. The molecule has 0 radical (unpaired) electrons. The molecule has 1 unspecified atom stereocenters. The number of ether oxygens (including phenoxy) is 1. The molecule has 164 valence electrons. The molecule has 0 spiro atoms. The number of para-hydroxylation sites is 1. The summed E-state index contributed by atoms with van der Waals surface area (Å²) in [5, 5.41) is 0.739. The monoisotopic (exact) mass is 437 g/mol. The molecule has 0 bridgehead atoms. The van der Waals surface area contributed by atoms with Crippen LogP contribution in [0, 0.1) is 0 Å². The van der Waals surface area contributed by atoms with Crippen LogP contribution in [0.5, 0.6) is 0 Å². The molecular weight excluding hydrogens is 406 g/mol. The summed E-state index contributed by atoms with van der Waals surface area (Å²) in [5.74, 6) is -0.0164. The minimum Gasteiger partial charge on any atom is -0.376 e. The van der Waals surface area contributed by atoms with Gasteiger partial charge in [-0.25, -0.2) is 4.98 Å². The Morgan fingerprint density at radius 3 is 2.61 bits per heavy atom. The first-order valence-corrected chi connectivity index (χ1v) is 12.0. The molecule has 1 aromatic heterocycles. The molecule has 1 amide bonds. The van der Waals surface area contributed by atoms with Crippen molar-refractivity contribution in [2.45, 2.75) is 52.3 Å². The Morgan fingerprint density at radius 1 is 1.19 bits per heavy atom. The Labute approximate surface area is 188 Å². The fraction of sp³-hybridized carbons (Fsp3) is 0.440. The van der Waals surface area contributed by atoms with Gasteiger partial charge in [0.15, 0.2) is 5.13 Å². The van der Waals surface area contributed by atoms with Gasteiger partial charge in [-0.2, -0.15) is 0 Å². The largest absolute Gasteiger partial charge is 0.376 e. The molecule has 0 saturated carbocycles. The van der Waals surface area contributed by atoms with Gasteiger partial charge in [0.25, 0.3) is 5.91 Å². The van der Waals surface area contributed by atoms with Gasteiger partial charge in [-0.3, -0.25) is 14.6 Å². The van der Waals surface area contributed by atoms with Crippen LogP contribution in [0.25, 0.3) is 10.2 Å². The number of carbonyl (C=O) groups excluding carboxylic acids is 1. The van der Waals surface area contributed by atoms with Crippen LogP contribution >= 0.6 is 11.3 Å². The number of benzene rings is 2. The van der Waals surface area contributed by atoms with Gasteiger partial charge in [0, 0.05) is 24.8 Å². The molecule has 6 heteroatoms. The van der Waals surface area contributed by atoms with Crippen LogP contribution in [0.1, 0.15) is 49.5 Å². The number of anilines is 1. The van der Waals surface area contributed by atoms with Crippen molar-refractivity contribution < 1.29 is 9.53 Å². The Bertz CT molecular complexity index is 976. The van der Waals surface area contributed by atoms with E-state index in [4.69, 9.17) is 9.72 Å². The highest BCUT2D eigenvalue weighted by Gasteiger charge is 2.27. The number of carbonyl (C=O) groups is 1. The predicted molar refractivity (Wildman–Crippen MR) is 128 cm³/mol. The second kappa shape index (κ2) is 9.90. The summed E-state index contributed by atoms with van der Waals surface area (Å²) in [4.78, 5) is 22.5. The smallest absolute Gasteiger partial charge is 0.260 e. The summed E-state index contributed by atoms with van der Waals surface area (Å²) >= 11 is 1.56. The molecule has 1 saturated heterocycles. The summed E-state index contributed by atoms with van der Waals surface area (Å²) in [7, 11) is 0. The van der Waals surface area contributed by atoms with Crippen molar-refractivity contribution in [3.63, 3.8) is 0 Å². The number of amides is 1. The van der Waals surface area contributed by atoms with Crippen LogP contribution in [0.2, 0.25) is 0 Å². The topological polar surface area (TPSA) is 45.7 Å². The molecule has 5 nitrogen and oxygen atoms in total. The molecule has 4 rings (SSSR count). The third-order valence-corrected chi connectivity index (χ3v) is 6.95. The lowest BCUT2D eigenvalue weighted by molar-refractivity contribution is 0.0917. The Morgan fingerprint density at radius 2 is 1.97 bits per heavy atom. The maximum absolute atomic E-state index is 13.5. The third-order valence-electron chi connectivity index (χ3n) is 5.89. The number of thiazole rings is 1. The van der Waals surface area contributed by atoms with Crippen LogP contribution in [-0.2, 0) is 11.3 Å². The van der Waals surface area contributed by atoms with Gasteiger partial charge in [-0.05, 0) is 63.1 Å². The fourth-order valence-electron chi connectivity index (χ4n) is 4.02. The van der Waals surface area contributed by atoms with Crippen LogP contribution in [-0.4, -0.2) is 47.6 Å². The summed E-state index contributed by atoms with van der Waals surface area (Å²) in [6.45, 7) is 9.80. The van der Waals surface area contributed by atoms with Gasteiger partial charge in [-0.15, -0.1) is 0 Å². The average Bonchev–Trinajstić information content (AvgIpc) is 3.45. The van der Waals surface area contributed by atoms with E-state index >= 15 is 0 Å². The summed E-state index contributed by atoms with van der Waals surface area (Å²) in [6, 6.07) is 16.6. The van der Waals surface area contributed by atoms with E-state index in [0.29, 0.717) is 18.2 Å². The molecule has 2 heterocycles. The standard InChI is InChI=1S/C25H31N3O2S/c1-4-27(18(2)3)16-19-11-13-20(14-12-19)24(29)28(17-21-8-7-15-30-21)25-26-22-9-5-6-10-23(22)31-25/h5-6,9-14,18,21H,4,7-8,15-17H2,1-3H3. The fourth-order valence-corrected chi connectivity index (χ4v) is 4.99. The Kier molecular flexibility index (Phi) is 7.00. The van der Waals surface area contributed by atoms with Gasteiger partial charge in [0.1, 0.15) is 0 Å². The zero-order chi connectivity index (χ0) is 21.8. The number of aromatic nitrogens is 1. The third kappa shape index (κ3) is 5.14. The van der Waals surface area contributed by atoms with Gasteiger partial charge < -0.3 is 4.74 Å². The SMILES string of the molecule is CCN(Cc1ccc(C(=O)N(CC2CCCO2)c2nc3ccccc3s2)cc1)C(C)C. The maximum atomic E-state index is 13.5. The number of nitrogens with zero attached hydrogens (tertiary/aromatic N) is 3. The summed E-state index contributed by atoms with van der Waals surface area (Å²) in [5.41, 5.74) is 2.84. The van der Waals surface area contributed by atoms with E-state index < -0.39 is 0 Å². The Balaban J connectivity index is 1.57. The lowest BCUT2D eigenvalue weighted by Crippen LogP contribution is -2.37. The molecule has 1 fully saturated rings. The molecule has 0 N–H and O–H groups in total.